The van der Waals surface area contributed by atoms with Crippen molar-refractivity contribution in [2.24, 2.45) is 0 Å². The summed E-state index contributed by atoms with van der Waals surface area (Å²) < 4.78 is 13.7. The van der Waals surface area contributed by atoms with Gasteiger partial charge in [0.15, 0.2) is 0 Å². The molecule has 2 rings (SSSR count). The molecular formula is C8H5ClFNS. The SMILES string of the molecule is Nc1c(F)cc(Cl)c2ccsc12. The van der Waals surface area contributed by atoms with Crippen LogP contribution in [0.25, 0.3) is 10.1 Å². The average molecular weight is 202 g/mol. The van der Waals surface area contributed by atoms with Crippen molar-refractivity contribution in [3.63, 3.8) is 0 Å². The molecule has 0 unspecified atom stereocenters. The van der Waals surface area contributed by atoms with Crippen LogP contribution in [0.3, 0.4) is 0 Å². The molecule has 12 heavy (non-hydrogen) atoms. The normalized spacial score (nSPS) is 10.8. The third-order valence-corrected chi connectivity index (χ3v) is 2.94. The number of benzene rings is 1. The van der Waals surface area contributed by atoms with Crippen LogP contribution in [0.1, 0.15) is 0 Å². The molecule has 2 aromatic rings. The Morgan fingerprint density at radius 2 is 2.25 bits per heavy atom. The minimum atomic E-state index is -0.449. The largest absolute Gasteiger partial charge is 0.395 e. The van der Waals surface area contributed by atoms with E-state index in [1.807, 2.05) is 11.4 Å². The van der Waals surface area contributed by atoms with E-state index in [4.69, 9.17) is 17.3 Å². The fourth-order valence-corrected chi connectivity index (χ4v) is 2.26. The molecule has 0 fully saturated rings. The Morgan fingerprint density at radius 1 is 1.50 bits per heavy atom. The first-order valence-electron chi connectivity index (χ1n) is 3.31. The van der Waals surface area contributed by atoms with Gasteiger partial charge in [0.25, 0.3) is 0 Å². The zero-order valence-corrected chi connectivity index (χ0v) is 7.55. The number of rotatable bonds is 0. The highest BCUT2D eigenvalue weighted by Crippen LogP contribution is 2.34. The second-order valence-electron chi connectivity index (χ2n) is 2.42. The molecule has 0 saturated heterocycles. The zero-order valence-electron chi connectivity index (χ0n) is 5.97. The lowest BCUT2D eigenvalue weighted by Gasteiger charge is -1.99. The summed E-state index contributed by atoms with van der Waals surface area (Å²) in [6.07, 6.45) is 0. The molecular weight excluding hydrogens is 197 g/mol. The summed E-state index contributed by atoms with van der Waals surface area (Å²) in [4.78, 5) is 0. The highest BCUT2D eigenvalue weighted by atomic mass is 35.5. The van der Waals surface area contributed by atoms with Crippen molar-refractivity contribution in [3.05, 3.63) is 28.4 Å². The molecule has 1 aromatic carbocycles. The molecule has 2 N–H and O–H groups in total. The lowest BCUT2D eigenvalue weighted by Crippen LogP contribution is -1.89. The van der Waals surface area contributed by atoms with Crippen LogP contribution in [0.4, 0.5) is 10.1 Å². The Labute approximate surface area is 77.6 Å². The summed E-state index contributed by atoms with van der Waals surface area (Å²) in [6, 6.07) is 3.07. The van der Waals surface area contributed by atoms with Crippen LogP contribution in [0, 0.1) is 5.82 Å². The quantitative estimate of drug-likeness (QED) is 0.651. The highest BCUT2D eigenvalue weighted by Gasteiger charge is 2.08. The molecule has 0 aliphatic heterocycles. The second-order valence-corrected chi connectivity index (χ2v) is 3.74. The Kier molecular flexibility index (Phi) is 1.70. The second kappa shape index (κ2) is 2.61. The van der Waals surface area contributed by atoms with Gasteiger partial charge in [0, 0.05) is 5.39 Å². The lowest BCUT2D eigenvalue weighted by molar-refractivity contribution is 0.634. The fraction of sp³-hybridized carbons (Fsp3) is 0. The van der Waals surface area contributed by atoms with E-state index in [-0.39, 0.29) is 5.69 Å². The average Bonchev–Trinajstić information content (AvgIpc) is 2.48. The molecule has 4 heteroatoms. The first-order valence-corrected chi connectivity index (χ1v) is 4.56. The number of thiophene rings is 1. The molecule has 0 atom stereocenters. The molecule has 0 radical (unpaired) electrons. The van der Waals surface area contributed by atoms with Crippen LogP contribution < -0.4 is 5.73 Å². The van der Waals surface area contributed by atoms with Crippen molar-refractivity contribution in [1.82, 2.24) is 0 Å². The summed E-state index contributed by atoms with van der Waals surface area (Å²) in [5, 5.41) is 3.07. The van der Waals surface area contributed by atoms with Gasteiger partial charge < -0.3 is 5.73 Å². The van der Waals surface area contributed by atoms with Gasteiger partial charge >= 0.3 is 0 Å². The van der Waals surface area contributed by atoms with E-state index < -0.39 is 5.82 Å². The zero-order chi connectivity index (χ0) is 8.72. The van der Waals surface area contributed by atoms with E-state index in [0.717, 1.165) is 10.1 Å². The van der Waals surface area contributed by atoms with Gasteiger partial charge in [-0.2, -0.15) is 0 Å². The third-order valence-electron chi connectivity index (χ3n) is 1.68. The number of anilines is 1. The monoisotopic (exact) mass is 201 g/mol. The Bertz CT molecular complexity index is 438. The smallest absolute Gasteiger partial charge is 0.149 e. The van der Waals surface area contributed by atoms with E-state index in [1.165, 1.54) is 17.4 Å². The van der Waals surface area contributed by atoms with Crippen molar-refractivity contribution < 1.29 is 4.39 Å². The predicted octanol–water partition coefficient (Wildman–Crippen LogP) is 3.28. The molecule has 1 nitrogen and oxygen atoms in total. The topological polar surface area (TPSA) is 26.0 Å². The Hall–Kier alpha value is -0.800. The first kappa shape index (κ1) is 7.83. The molecule has 0 saturated carbocycles. The maximum Gasteiger partial charge on any atom is 0.149 e. The van der Waals surface area contributed by atoms with Crippen LogP contribution in [0.5, 0.6) is 0 Å². The van der Waals surface area contributed by atoms with Crippen LogP contribution in [0.2, 0.25) is 5.02 Å². The fourth-order valence-electron chi connectivity index (χ4n) is 1.08. The molecule has 1 aromatic heterocycles. The molecule has 0 aliphatic rings. The summed E-state index contributed by atoms with van der Waals surface area (Å²) in [6.45, 7) is 0. The summed E-state index contributed by atoms with van der Waals surface area (Å²) in [7, 11) is 0. The molecule has 0 bridgehead atoms. The van der Waals surface area contributed by atoms with Crippen LogP contribution in [-0.4, -0.2) is 0 Å². The summed E-state index contributed by atoms with van der Waals surface area (Å²) in [5.74, 6) is -0.449. The van der Waals surface area contributed by atoms with Crippen molar-refractivity contribution in [1.29, 1.82) is 0 Å². The predicted molar refractivity (Wildman–Crippen MR) is 51.2 cm³/mol. The van der Waals surface area contributed by atoms with Gasteiger partial charge in [-0.15, -0.1) is 11.3 Å². The Morgan fingerprint density at radius 3 is 3.00 bits per heavy atom. The maximum absolute atomic E-state index is 13.0. The number of hydrogen-bond acceptors (Lipinski definition) is 2. The maximum atomic E-state index is 13.0. The third kappa shape index (κ3) is 0.974. The molecule has 1 heterocycles. The van der Waals surface area contributed by atoms with E-state index in [1.54, 1.807) is 0 Å². The number of fused-ring (bicyclic) bond motifs is 1. The van der Waals surface area contributed by atoms with Crippen molar-refractivity contribution >= 4 is 38.7 Å². The van der Waals surface area contributed by atoms with Crippen molar-refractivity contribution in [3.8, 4) is 0 Å². The Balaban J connectivity index is 2.97. The lowest BCUT2D eigenvalue weighted by atomic mass is 10.2. The first-order chi connectivity index (χ1) is 5.70. The summed E-state index contributed by atoms with van der Waals surface area (Å²) in [5.41, 5.74) is 5.69. The van der Waals surface area contributed by atoms with E-state index in [0.29, 0.717) is 5.02 Å². The van der Waals surface area contributed by atoms with Gasteiger partial charge in [-0.25, -0.2) is 4.39 Å². The minimum Gasteiger partial charge on any atom is -0.395 e. The van der Waals surface area contributed by atoms with Crippen LogP contribution >= 0.6 is 22.9 Å². The molecule has 0 spiro atoms. The minimum absolute atomic E-state index is 0.185. The summed E-state index contributed by atoms with van der Waals surface area (Å²) >= 11 is 7.18. The number of hydrogen-bond donors (Lipinski definition) is 1. The van der Waals surface area contributed by atoms with Gasteiger partial charge in [-0.05, 0) is 17.5 Å². The van der Waals surface area contributed by atoms with Crippen molar-refractivity contribution in [2.75, 3.05) is 5.73 Å². The van der Waals surface area contributed by atoms with Gasteiger partial charge in [-0.3, -0.25) is 0 Å². The number of nitrogens with two attached hydrogens (primary N) is 1. The highest BCUT2D eigenvalue weighted by molar-refractivity contribution is 7.18. The van der Waals surface area contributed by atoms with Gasteiger partial charge in [0.1, 0.15) is 5.82 Å². The molecule has 0 amide bonds. The van der Waals surface area contributed by atoms with Crippen LogP contribution in [0.15, 0.2) is 17.5 Å². The van der Waals surface area contributed by atoms with Gasteiger partial charge in [0.2, 0.25) is 0 Å². The van der Waals surface area contributed by atoms with Gasteiger partial charge in [0.05, 0.1) is 15.4 Å². The number of halogens is 2. The standard InChI is InChI=1S/C8H5ClFNS/c9-5-3-6(10)7(11)8-4(5)1-2-12-8/h1-3H,11H2. The van der Waals surface area contributed by atoms with Gasteiger partial charge in [-0.1, -0.05) is 11.6 Å². The van der Waals surface area contributed by atoms with Crippen molar-refractivity contribution in [2.45, 2.75) is 0 Å². The number of nitrogen functional groups attached to an aromatic ring is 1. The van der Waals surface area contributed by atoms with E-state index in [9.17, 15) is 4.39 Å². The van der Waals surface area contributed by atoms with Crippen LogP contribution in [-0.2, 0) is 0 Å². The molecule has 62 valence electrons. The van der Waals surface area contributed by atoms with E-state index >= 15 is 0 Å². The molecule has 0 aliphatic carbocycles. The van der Waals surface area contributed by atoms with E-state index in [2.05, 4.69) is 0 Å².